The zero-order chi connectivity index (χ0) is 13.9. The molecule has 98 valence electrons. The van der Waals surface area contributed by atoms with Crippen LogP contribution in [0.1, 0.15) is 11.5 Å². The Morgan fingerprint density at radius 3 is 2.95 bits per heavy atom. The molecule has 20 heavy (non-hydrogen) atoms. The quantitative estimate of drug-likeness (QED) is 0.736. The molecule has 0 amide bonds. The smallest absolute Gasteiger partial charge is 0.233 e. The van der Waals surface area contributed by atoms with Crippen LogP contribution in [0, 0.1) is 11.3 Å². The van der Waals surface area contributed by atoms with Crippen molar-refractivity contribution in [3.8, 4) is 11.8 Å². The standard InChI is InChI=1S/C15H11N3O2/c16-8-10-3-1-2-4-13(10)19-9-15-18-12-7-11(17)5-6-14(12)20-15/h1-7H,9,17H2. The first-order chi connectivity index (χ1) is 9.76. The highest BCUT2D eigenvalue weighted by molar-refractivity contribution is 5.76. The first-order valence-electron chi connectivity index (χ1n) is 6.03. The second-order valence-corrected chi connectivity index (χ2v) is 4.23. The Morgan fingerprint density at radius 2 is 2.10 bits per heavy atom. The van der Waals surface area contributed by atoms with Gasteiger partial charge in [0.05, 0.1) is 5.56 Å². The third-order valence-electron chi connectivity index (χ3n) is 2.81. The molecule has 1 heterocycles. The Bertz CT molecular complexity index is 802. The Balaban J connectivity index is 1.82. The molecule has 0 bridgehead atoms. The maximum Gasteiger partial charge on any atom is 0.233 e. The summed E-state index contributed by atoms with van der Waals surface area (Å²) in [6.07, 6.45) is 0. The fraction of sp³-hybridized carbons (Fsp3) is 0.0667. The summed E-state index contributed by atoms with van der Waals surface area (Å²) in [5.74, 6) is 0.954. The van der Waals surface area contributed by atoms with Crippen LogP contribution in [0.4, 0.5) is 5.69 Å². The van der Waals surface area contributed by atoms with E-state index >= 15 is 0 Å². The van der Waals surface area contributed by atoms with Crippen molar-refractivity contribution in [3.05, 3.63) is 53.9 Å². The van der Waals surface area contributed by atoms with Gasteiger partial charge in [-0.25, -0.2) is 4.98 Å². The number of oxazole rings is 1. The van der Waals surface area contributed by atoms with Crippen molar-refractivity contribution in [2.75, 3.05) is 5.73 Å². The number of rotatable bonds is 3. The number of aromatic nitrogens is 1. The van der Waals surface area contributed by atoms with Gasteiger partial charge in [0.1, 0.15) is 17.3 Å². The second-order valence-electron chi connectivity index (χ2n) is 4.23. The van der Waals surface area contributed by atoms with Crippen LogP contribution in [0.3, 0.4) is 0 Å². The predicted octanol–water partition coefficient (Wildman–Crippen LogP) is 2.86. The number of nitrogen functional groups attached to an aromatic ring is 1. The molecule has 0 radical (unpaired) electrons. The molecule has 0 atom stereocenters. The molecule has 0 spiro atoms. The van der Waals surface area contributed by atoms with E-state index in [-0.39, 0.29) is 6.61 Å². The molecule has 5 heteroatoms. The highest BCUT2D eigenvalue weighted by atomic mass is 16.5. The van der Waals surface area contributed by atoms with Crippen LogP contribution in [0.25, 0.3) is 11.1 Å². The van der Waals surface area contributed by atoms with Gasteiger partial charge in [0.25, 0.3) is 0 Å². The summed E-state index contributed by atoms with van der Waals surface area (Å²) < 4.78 is 11.1. The topological polar surface area (TPSA) is 85.1 Å². The lowest BCUT2D eigenvalue weighted by Crippen LogP contribution is -1.97. The summed E-state index contributed by atoms with van der Waals surface area (Å²) in [7, 11) is 0. The van der Waals surface area contributed by atoms with Gasteiger partial charge in [-0.3, -0.25) is 0 Å². The van der Waals surface area contributed by atoms with Crippen LogP contribution in [0.5, 0.6) is 5.75 Å². The van der Waals surface area contributed by atoms with E-state index in [1.54, 1.807) is 36.4 Å². The number of benzene rings is 2. The molecule has 0 aliphatic carbocycles. The molecule has 0 aliphatic heterocycles. The molecule has 0 saturated heterocycles. The van der Waals surface area contributed by atoms with Crippen LogP contribution in [0.15, 0.2) is 46.9 Å². The van der Waals surface area contributed by atoms with Gasteiger partial charge >= 0.3 is 0 Å². The van der Waals surface area contributed by atoms with E-state index in [0.717, 1.165) is 0 Å². The first kappa shape index (κ1) is 12.1. The van der Waals surface area contributed by atoms with Crippen molar-refractivity contribution in [2.45, 2.75) is 6.61 Å². The number of para-hydroxylation sites is 1. The Labute approximate surface area is 115 Å². The summed E-state index contributed by atoms with van der Waals surface area (Å²) in [4.78, 5) is 4.29. The number of anilines is 1. The van der Waals surface area contributed by atoms with Gasteiger partial charge < -0.3 is 14.9 Å². The zero-order valence-corrected chi connectivity index (χ0v) is 10.5. The Kier molecular flexibility index (Phi) is 2.98. The van der Waals surface area contributed by atoms with Crippen LogP contribution < -0.4 is 10.5 Å². The lowest BCUT2D eigenvalue weighted by atomic mass is 10.2. The van der Waals surface area contributed by atoms with Gasteiger partial charge in [-0.15, -0.1) is 0 Å². The molecule has 5 nitrogen and oxygen atoms in total. The van der Waals surface area contributed by atoms with Crippen molar-refractivity contribution in [1.29, 1.82) is 5.26 Å². The number of ether oxygens (including phenoxy) is 1. The third kappa shape index (κ3) is 2.27. The van der Waals surface area contributed by atoms with E-state index in [2.05, 4.69) is 11.1 Å². The normalized spacial score (nSPS) is 10.3. The van der Waals surface area contributed by atoms with E-state index in [1.165, 1.54) is 0 Å². The van der Waals surface area contributed by atoms with Gasteiger partial charge in [-0.1, -0.05) is 12.1 Å². The van der Waals surface area contributed by atoms with E-state index < -0.39 is 0 Å². The number of hydrogen-bond acceptors (Lipinski definition) is 5. The SMILES string of the molecule is N#Cc1ccccc1OCc1nc2cc(N)ccc2o1. The second kappa shape index (κ2) is 4.94. The highest BCUT2D eigenvalue weighted by Crippen LogP contribution is 2.21. The van der Waals surface area contributed by atoms with Crippen LogP contribution in [-0.4, -0.2) is 4.98 Å². The zero-order valence-electron chi connectivity index (χ0n) is 10.5. The van der Waals surface area contributed by atoms with E-state index in [9.17, 15) is 0 Å². The molecule has 3 rings (SSSR count). The number of fused-ring (bicyclic) bond motifs is 1. The summed E-state index contributed by atoms with van der Waals surface area (Å²) in [5, 5.41) is 8.98. The summed E-state index contributed by atoms with van der Waals surface area (Å²) >= 11 is 0. The van der Waals surface area contributed by atoms with Crippen LogP contribution >= 0.6 is 0 Å². The minimum Gasteiger partial charge on any atom is -0.482 e. The largest absolute Gasteiger partial charge is 0.482 e. The summed E-state index contributed by atoms with van der Waals surface area (Å²) in [5.41, 5.74) is 8.15. The number of nitrogens with zero attached hydrogens (tertiary/aromatic N) is 2. The lowest BCUT2D eigenvalue weighted by molar-refractivity contribution is 0.266. The third-order valence-corrected chi connectivity index (χ3v) is 2.81. The number of nitrogens with two attached hydrogens (primary N) is 1. The molecule has 0 unspecified atom stereocenters. The van der Waals surface area contributed by atoms with Crippen LogP contribution in [0.2, 0.25) is 0 Å². The molecule has 2 aromatic carbocycles. The van der Waals surface area contributed by atoms with Crippen molar-refractivity contribution in [2.24, 2.45) is 0 Å². The van der Waals surface area contributed by atoms with Gasteiger partial charge in [0.15, 0.2) is 12.2 Å². The first-order valence-corrected chi connectivity index (χ1v) is 6.03. The molecule has 2 N–H and O–H groups in total. The average molecular weight is 265 g/mol. The fourth-order valence-corrected chi connectivity index (χ4v) is 1.88. The monoisotopic (exact) mass is 265 g/mol. The van der Waals surface area contributed by atoms with E-state index in [0.29, 0.717) is 34.0 Å². The van der Waals surface area contributed by atoms with Gasteiger partial charge in [0, 0.05) is 5.69 Å². The molecule has 0 aliphatic rings. The molecular weight excluding hydrogens is 254 g/mol. The highest BCUT2D eigenvalue weighted by Gasteiger charge is 2.08. The molecule has 1 aromatic heterocycles. The van der Waals surface area contributed by atoms with Crippen molar-refractivity contribution < 1.29 is 9.15 Å². The average Bonchev–Trinajstić information content (AvgIpc) is 2.87. The van der Waals surface area contributed by atoms with Gasteiger partial charge in [-0.2, -0.15) is 5.26 Å². The molecule has 3 aromatic rings. The Hall–Kier alpha value is -3.00. The maximum absolute atomic E-state index is 8.98. The van der Waals surface area contributed by atoms with Gasteiger partial charge in [0.2, 0.25) is 5.89 Å². The van der Waals surface area contributed by atoms with Crippen molar-refractivity contribution in [3.63, 3.8) is 0 Å². The predicted molar refractivity (Wildman–Crippen MR) is 73.9 cm³/mol. The molecule has 0 fully saturated rings. The maximum atomic E-state index is 8.98. The minimum absolute atomic E-state index is 0.160. The molecular formula is C15H11N3O2. The van der Waals surface area contributed by atoms with Crippen molar-refractivity contribution >= 4 is 16.8 Å². The van der Waals surface area contributed by atoms with E-state index in [1.807, 2.05) is 6.07 Å². The number of nitriles is 1. The Morgan fingerprint density at radius 1 is 1.25 bits per heavy atom. The lowest BCUT2D eigenvalue weighted by Gasteiger charge is -2.04. The summed E-state index contributed by atoms with van der Waals surface area (Å²) in [6.45, 7) is 0.160. The molecule has 0 saturated carbocycles. The van der Waals surface area contributed by atoms with E-state index in [4.69, 9.17) is 20.1 Å². The van der Waals surface area contributed by atoms with Crippen LogP contribution in [-0.2, 0) is 6.61 Å². The minimum atomic E-state index is 0.160. The van der Waals surface area contributed by atoms with Crippen molar-refractivity contribution in [1.82, 2.24) is 4.98 Å². The van der Waals surface area contributed by atoms with Gasteiger partial charge in [-0.05, 0) is 30.3 Å². The number of hydrogen-bond donors (Lipinski definition) is 1. The summed E-state index contributed by atoms with van der Waals surface area (Å²) in [6, 6.07) is 14.4. The fourth-order valence-electron chi connectivity index (χ4n) is 1.88.